The fraction of sp³-hybridized carbons (Fsp3) is 0.333. The first-order chi connectivity index (χ1) is 9.51. The smallest absolute Gasteiger partial charge is 0.238 e. The highest BCUT2D eigenvalue weighted by atomic mass is 79.9. The van der Waals surface area contributed by atoms with E-state index in [9.17, 15) is 0 Å². The summed E-state index contributed by atoms with van der Waals surface area (Å²) in [7, 11) is 1.78. The van der Waals surface area contributed by atoms with Crippen molar-refractivity contribution in [2.45, 2.75) is 26.7 Å². The van der Waals surface area contributed by atoms with Crippen molar-refractivity contribution >= 4 is 21.9 Å². The van der Waals surface area contributed by atoms with Gasteiger partial charge in [0.15, 0.2) is 0 Å². The summed E-state index contributed by atoms with van der Waals surface area (Å²) in [5.41, 5.74) is 2.32. The molecule has 4 nitrogen and oxygen atoms in total. The van der Waals surface area contributed by atoms with Crippen LogP contribution in [0.15, 0.2) is 28.9 Å². The number of hydrogen-bond donors (Lipinski definition) is 1. The van der Waals surface area contributed by atoms with Gasteiger partial charge in [-0.2, -0.15) is 4.98 Å². The first-order valence-electron chi connectivity index (χ1n) is 6.50. The zero-order valence-electron chi connectivity index (χ0n) is 12.1. The number of nitrogens with zero attached hydrogens (tertiary/aromatic N) is 2. The van der Waals surface area contributed by atoms with Gasteiger partial charge in [0.2, 0.25) is 11.8 Å². The standard InChI is InChI=1S/C15H18BrN3O/c1-9(2)11-6-5-10(3)13(7-11)20-14-12(16)8-18-15(17-4)19-14/h5-9H,1-4H3,(H,17,18,19). The second-order valence-corrected chi connectivity index (χ2v) is 5.73. The molecule has 106 valence electrons. The van der Waals surface area contributed by atoms with Crippen molar-refractivity contribution in [3.05, 3.63) is 40.0 Å². The molecule has 20 heavy (non-hydrogen) atoms. The van der Waals surface area contributed by atoms with Crippen LogP contribution in [0.1, 0.15) is 30.9 Å². The largest absolute Gasteiger partial charge is 0.437 e. The van der Waals surface area contributed by atoms with Gasteiger partial charge in [-0.3, -0.25) is 0 Å². The first-order valence-corrected chi connectivity index (χ1v) is 7.29. The van der Waals surface area contributed by atoms with Crippen LogP contribution in [0.3, 0.4) is 0 Å². The second-order valence-electron chi connectivity index (χ2n) is 4.88. The maximum absolute atomic E-state index is 5.94. The SMILES string of the molecule is CNc1ncc(Br)c(Oc2cc(C(C)C)ccc2C)n1. The lowest BCUT2D eigenvalue weighted by atomic mass is 10.0. The van der Waals surface area contributed by atoms with Gasteiger partial charge in [0.1, 0.15) is 5.75 Å². The molecule has 0 amide bonds. The van der Waals surface area contributed by atoms with Crippen LogP contribution in [0.5, 0.6) is 11.6 Å². The molecule has 0 fully saturated rings. The van der Waals surface area contributed by atoms with E-state index >= 15 is 0 Å². The lowest BCUT2D eigenvalue weighted by molar-refractivity contribution is 0.454. The predicted molar refractivity (Wildman–Crippen MR) is 84.6 cm³/mol. The Bertz CT molecular complexity index is 614. The van der Waals surface area contributed by atoms with E-state index in [0.29, 0.717) is 17.7 Å². The number of anilines is 1. The van der Waals surface area contributed by atoms with Gasteiger partial charge < -0.3 is 10.1 Å². The highest BCUT2D eigenvalue weighted by molar-refractivity contribution is 9.10. The van der Waals surface area contributed by atoms with Crippen molar-refractivity contribution in [2.24, 2.45) is 0 Å². The number of nitrogens with one attached hydrogen (secondary N) is 1. The van der Waals surface area contributed by atoms with Crippen LogP contribution < -0.4 is 10.1 Å². The average Bonchev–Trinajstić information content (AvgIpc) is 2.43. The molecule has 0 aliphatic rings. The van der Waals surface area contributed by atoms with Crippen molar-refractivity contribution in [3.8, 4) is 11.6 Å². The van der Waals surface area contributed by atoms with Gasteiger partial charge in [0.25, 0.3) is 0 Å². The Morgan fingerprint density at radius 2 is 2.05 bits per heavy atom. The van der Waals surface area contributed by atoms with Gasteiger partial charge in [0.05, 0.1) is 10.7 Å². The average molecular weight is 336 g/mol. The highest BCUT2D eigenvalue weighted by Gasteiger charge is 2.10. The van der Waals surface area contributed by atoms with Gasteiger partial charge in [-0.1, -0.05) is 26.0 Å². The van der Waals surface area contributed by atoms with Crippen LogP contribution in [0.4, 0.5) is 5.95 Å². The molecule has 0 saturated carbocycles. The Morgan fingerprint density at radius 3 is 2.70 bits per heavy atom. The van der Waals surface area contributed by atoms with Crippen LogP contribution in [0, 0.1) is 6.92 Å². The molecular formula is C15H18BrN3O. The number of aromatic nitrogens is 2. The summed E-state index contributed by atoms with van der Waals surface area (Å²) in [6.07, 6.45) is 1.68. The molecule has 0 radical (unpaired) electrons. The summed E-state index contributed by atoms with van der Waals surface area (Å²) in [6.45, 7) is 6.34. The number of benzene rings is 1. The van der Waals surface area contributed by atoms with Gasteiger partial charge in [-0.25, -0.2) is 4.98 Å². The van der Waals surface area contributed by atoms with Crippen LogP contribution in [0.25, 0.3) is 0 Å². The molecular weight excluding hydrogens is 318 g/mol. The summed E-state index contributed by atoms with van der Waals surface area (Å²) in [4.78, 5) is 8.43. The van der Waals surface area contributed by atoms with Crippen LogP contribution in [-0.4, -0.2) is 17.0 Å². The second kappa shape index (κ2) is 6.22. The van der Waals surface area contributed by atoms with E-state index < -0.39 is 0 Å². The molecule has 0 aliphatic carbocycles. The van der Waals surface area contributed by atoms with E-state index in [1.807, 2.05) is 6.92 Å². The first kappa shape index (κ1) is 14.8. The van der Waals surface area contributed by atoms with Crippen LogP contribution in [-0.2, 0) is 0 Å². The molecule has 1 heterocycles. The fourth-order valence-corrected chi connectivity index (χ4v) is 2.01. The van der Waals surface area contributed by atoms with Crippen molar-refractivity contribution < 1.29 is 4.74 Å². The maximum Gasteiger partial charge on any atom is 0.238 e. The van der Waals surface area contributed by atoms with Crippen molar-refractivity contribution in [1.29, 1.82) is 0 Å². The number of hydrogen-bond acceptors (Lipinski definition) is 4. The molecule has 0 spiro atoms. The zero-order chi connectivity index (χ0) is 14.7. The lowest BCUT2D eigenvalue weighted by Gasteiger charge is -2.13. The van der Waals surface area contributed by atoms with Crippen molar-refractivity contribution in [1.82, 2.24) is 9.97 Å². The molecule has 2 rings (SSSR count). The third-order valence-electron chi connectivity index (χ3n) is 3.02. The topological polar surface area (TPSA) is 47.0 Å². The number of aryl methyl sites for hydroxylation is 1. The minimum absolute atomic E-state index is 0.458. The van der Waals surface area contributed by atoms with E-state index in [0.717, 1.165) is 15.8 Å². The van der Waals surface area contributed by atoms with Crippen LogP contribution >= 0.6 is 15.9 Å². The number of halogens is 1. The monoisotopic (exact) mass is 335 g/mol. The van der Waals surface area contributed by atoms with Gasteiger partial charge in [0, 0.05) is 7.05 Å². The molecule has 0 unspecified atom stereocenters. The van der Waals surface area contributed by atoms with Crippen molar-refractivity contribution in [2.75, 3.05) is 12.4 Å². The normalized spacial score (nSPS) is 10.7. The van der Waals surface area contributed by atoms with Crippen molar-refractivity contribution in [3.63, 3.8) is 0 Å². The van der Waals surface area contributed by atoms with E-state index in [4.69, 9.17) is 4.74 Å². The van der Waals surface area contributed by atoms with E-state index in [1.165, 1.54) is 5.56 Å². The number of rotatable bonds is 4. The minimum atomic E-state index is 0.458. The minimum Gasteiger partial charge on any atom is -0.437 e. The summed E-state index contributed by atoms with van der Waals surface area (Å²) in [5, 5.41) is 2.90. The molecule has 1 aromatic carbocycles. The van der Waals surface area contributed by atoms with Gasteiger partial charge in [-0.05, 0) is 46.0 Å². The summed E-state index contributed by atoms with van der Waals surface area (Å²) in [6, 6.07) is 6.26. The van der Waals surface area contributed by atoms with Gasteiger partial charge >= 0.3 is 0 Å². The Kier molecular flexibility index (Phi) is 4.60. The third-order valence-corrected chi connectivity index (χ3v) is 3.56. The van der Waals surface area contributed by atoms with E-state index in [-0.39, 0.29) is 0 Å². The highest BCUT2D eigenvalue weighted by Crippen LogP contribution is 2.31. The maximum atomic E-state index is 5.94. The third kappa shape index (κ3) is 3.28. The van der Waals surface area contributed by atoms with Gasteiger partial charge in [-0.15, -0.1) is 0 Å². The fourth-order valence-electron chi connectivity index (χ4n) is 1.73. The Morgan fingerprint density at radius 1 is 1.30 bits per heavy atom. The Hall–Kier alpha value is -1.62. The molecule has 0 bridgehead atoms. The Labute approximate surface area is 127 Å². The summed E-state index contributed by atoms with van der Waals surface area (Å²) >= 11 is 3.41. The molecule has 5 heteroatoms. The summed E-state index contributed by atoms with van der Waals surface area (Å²) in [5.74, 6) is 2.31. The van der Waals surface area contributed by atoms with Crippen LogP contribution in [0.2, 0.25) is 0 Å². The molecule has 0 saturated heterocycles. The quantitative estimate of drug-likeness (QED) is 0.893. The molecule has 0 atom stereocenters. The zero-order valence-corrected chi connectivity index (χ0v) is 13.7. The number of ether oxygens (including phenoxy) is 1. The lowest BCUT2D eigenvalue weighted by Crippen LogP contribution is -1.99. The Balaban J connectivity index is 2.36. The van der Waals surface area contributed by atoms with E-state index in [2.05, 4.69) is 63.3 Å². The molecule has 1 N–H and O–H groups in total. The molecule has 2 aromatic rings. The van der Waals surface area contributed by atoms with E-state index in [1.54, 1.807) is 13.2 Å². The summed E-state index contributed by atoms with van der Waals surface area (Å²) < 4.78 is 6.66. The molecule has 0 aliphatic heterocycles. The molecule has 1 aromatic heterocycles. The predicted octanol–water partition coefficient (Wildman–Crippen LogP) is 4.50.